The Bertz CT molecular complexity index is 488. The van der Waals surface area contributed by atoms with Crippen LogP contribution < -0.4 is 0 Å². The lowest BCUT2D eigenvalue weighted by Gasteiger charge is -2.52. The van der Waals surface area contributed by atoms with Gasteiger partial charge >= 0.3 is 0 Å². The molecule has 0 saturated carbocycles. The maximum atomic E-state index is 4.12. The Hall–Kier alpha value is -1.38. The fourth-order valence-electron chi connectivity index (χ4n) is 3.79. The molecule has 0 aromatic heterocycles. The molecule has 1 aromatic carbocycles. The molecule has 2 rings (SSSR count). The van der Waals surface area contributed by atoms with Crippen molar-refractivity contribution >= 4 is 0 Å². The topological polar surface area (TPSA) is 6.48 Å². The van der Waals surface area contributed by atoms with Crippen LogP contribution in [0.1, 0.15) is 39.2 Å². The van der Waals surface area contributed by atoms with Gasteiger partial charge in [-0.1, -0.05) is 55.8 Å². The van der Waals surface area contributed by atoms with Crippen LogP contribution in [0.2, 0.25) is 0 Å². The van der Waals surface area contributed by atoms with E-state index in [4.69, 9.17) is 0 Å². The Kier molecular flexibility index (Phi) is 6.20. The normalized spacial score (nSPS) is 23.6. The van der Waals surface area contributed by atoms with Crippen molar-refractivity contribution in [3.8, 4) is 0 Å². The Morgan fingerprint density at radius 2 is 1.65 bits per heavy atom. The molecule has 2 unspecified atom stereocenters. The first kappa shape index (κ1) is 18.0. The largest absolute Gasteiger partial charge is 0.300 e. The van der Waals surface area contributed by atoms with Gasteiger partial charge < -0.3 is 0 Å². The van der Waals surface area contributed by atoms with Crippen molar-refractivity contribution in [1.29, 1.82) is 0 Å². The first-order valence-corrected chi connectivity index (χ1v) is 8.86. The molecule has 0 aliphatic carbocycles. The SMILES string of the molecule is C=CC1CN(CCCC)CC(C=C)N1C(C)(C)c1ccccc1. The molecule has 2 heteroatoms. The number of hydrogen-bond donors (Lipinski definition) is 0. The van der Waals surface area contributed by atoms with Crippen molar-refractivity contribution in [2.45, 2.75) is 51.2 Å². The molecule has 1 heterocycles. The van der Waals surface area contributed by atoms with Crippen LogP contribution in [0.3, 0.4) is 0 Å². The van der Waals surface area contributed by atoms with Crippen LogP contribution in [0, 0.1) is 0 Å². The first-order chi connectivity index (χ1) is 11.0. The molecule has 126 valence electrons. The Morgan fingerprint density at radius 3 is 2.13 bits per heavy atom. The van der Waals surface area contributed by atoms with Crippen LogP contribution >= 0.6 is 0 Å². The number of piperazine rings is 1. The number of benzene rings is 1. The van der Waals surface area contributed by atoms with Gasteiger partial charge in [-0.25, -0.2) is 0 Å². The molecular formula is C21H32N2. The third-order valence-electron chi connectivity index (χ3n) is 5.10. The van der Waals surface area contributed by atoms with Crippen molar-refractivity contribution in [1.82, 2.24) is 9.80 Å². The fourth-order valence-corrected chi connectivity index (χ4v) is 3.79. The second-order valence-corrected chi connectivity index (χ2v) is 7.05. The minimum Gasteiger partial charge on any atom is -0.300 e. The zero-order valence-corrected chi connectivity index (χ0v) is 15.0. The molecule has 23 heavy (non-hydrogen) atoms. The van der Waals surface area contributed by atoms with E-state index in [-0.39, 0.29) is 5.54 Å². The van der Waals surface area contributed by atoms with Gasteiger partial charge in [0.25, 0.3) is 0 Å². The van der Waals surface area contributed by atoms with E-state index in [1.54, 1.807) is 0 Å². The number of unbranched alkanes of at least 4 members (excludes halogenated alkanes) is 1. The third-order valence-corrected chi connectivity index (χ3v) is 5.10. The number of rotatable bonds is 7. The van der Waals surface area contributed by atoms with E-state index in [1.807, 2.05) is 0 Å². The van der Waals surface area contributed by atoms with E-state index < -0.39 is 0 Å². The first-order valence-electron chi connectivity index (χ1n) is 8.86. The molecule has 1 aliphatic rings. The van der Waals surface area contributed by atoms with Gasteiger partial charge in [-0.3, -0.25) is 9.80 Å². The van der Waals surface area contributed by atoms with Gasteiger partial charge in [0, 0.05) is 30.7 Å². The van der Waals surface area contributed by atoms with Crippen molar-refractivity contribution in [3.63, 3.8) is 0 Å². The summed E-state index contributed by atoms with van der Waals surface area (Å²) < 4.78 is 0. The average Bonchev–Trinajstić information content (AvgIpc) is 2.59. The van der Waals surface area contributed by atoms with E-state index in [0.717, 1.165) is 13.1 Å². The minimum absolute atomic E-state index is 0.0458. The zero-order valence-electron chi connectivity index (χ0n) is 15.0. The summed E-state index contributed by atoms with van der Waals surface area (Å²) in [7, 11) is 0. The summed E-state index contributed by atoms with van der Waals surface area (Å²) in [5.74, 6) is 0. The van der Waals surface area contributed by atoms with Crippen molar-refractivity contribution in [2.24, 2.45) is 0 Å². The van der Waals surface area contributed by atoms with Crippen LogP contribution in [0.4, 0.5) is 0 Å². The minimum atomic E-state index is -0.0458. The van der Waals surface area contributed by atoms with E-state index >= 15 is 0 Å². The van der Waals surface area contributed by atoms with Crippen molar-refractivity contribution < 1.29 is 0 Å². The Morgan fingerprint density at radius 1 is 1.09 bits per heavy atom. The lowest BCUT2D eigenvalue weighted by atomic mass is 9.87. The lowest BCUT2D eigenvalue weighted by molar-refractivity contribution is -0.0111. The highest BCUT2D eigenvalue weighted by atomic mass is 15.3. The van der Waals surface area contributed by atoms with Gasteiger partial charge in [-0.05, 0) is 32.4 Å². The summed E-state index contributed by atoms with van der Waals surface area (Å²) in [6, 6.07) is 11.5. The van der Waals surface area contributed by atoms with Gasteiger partial charge in [0.1, 0.15) is 0 Å². The van der Waals surface area contributed by atoms with Gasteiger partial charge in [0.15, 0.2) is 0 Å². The highest BCUT2D eigenvalue weighted by Crippen LogP contribution is 2.34. The van der Waals surface area contributed by atoms with E-state index in [2.05, 4.69) is 86.2 Å². The van der Waals surface area contributed by atoms with Crippen LogP contribution in [0.5, 0.6) is 0 Å². The quantitative estimate of drug-likeness (QED) is 0.686. The highest BCUT2D eigenvalue weighted by Gasteiger charge is 2.40. The van der Waals surface area contributed by atoms with Crippen LogP contribution in [-0.4, -0.2) is 41.5 Å². The summed E-state index contributed by atoms with van der Waals surface area (Å²) in [5.41, 5.74) is 1.30. The van der Waals surface area contributed by atoms with E-state index in [1.165, 1.54) is 24.9 Å². The highest BCUT2D eigenvalue weighted by molar-refractivity contribution is 5.25. The Labute approximate surface area is 142 Å². The Balaban J connectivity index is 2.28. The van der Waals surface area contributed by atoms with Gasteiger partial charge in [0.05, 0.1) is 0 Å². The van der Waals surface area contributed by atoms with Crippen molar-refractivity contribution in [3.05, 3.63) is 61.2 Å². The molecular weight excluding hydrogens is 280 g/mol. The summed E-state index contributed by atoms with van der Waals surface area (Å²) in [4.78, 5) is 5.16. The standard InChI is InChI=1S/C21H32N2/c1-6-9-15-22-16-19(7-2)23(20(8-3)17-22)21(4,5)18-13-11-10-12-14-18/h7-8,10-14,19-20H,2-3,6,9,15-17H2,1,4-5H3. The number of nitrogens with zero attached hydrogens (tertiary/aromatic N) is 2. The molecule has 0 amide bonds. The van der Waals surface area contributed by atoms with Gasteiger partial charge in [0.2, 0.25) is 0 Å². The molecule has 0 spiro atoms. The van der Waals surface area contributed by atoms with Crippen molar-refractivity contribution in [2.75, 3.05) is 19.6 Å². The van der Waals surface area contributed by atoms with E-state index in [0.29, 0.717) is 12.1 Å². The second kappa shape index (κ2) is 7.94. The molecule has 2 atom stereocenters. The summed E-state index contributed by atoms with van der Waals surface area (Å²) in [6.07, 6.45) is 6.72. The maximum absolute atomic E-state index is 4.12. The molecule has 1 saturated heterocycles. The van der Waals surface area contributed by atoms with Crippen LogP contribution in [-0.2, 0) is 5.54 Å². The molecule has 2 nitrogen and oxygen atoms in total. The molecule has 1 aromatic rings. The summed E-state index contributed by atoms with van der Waals surface area (Å²) in [5, 5.41) is 0. The van der Waals surface area contributed by atoms with Gasteiger partial charge in [-0.15, -0.1) is 13.2 Å². The fraction of sp³-hybridized carbons (Fsp3) is 0.524. The zero-order chi connectivity index (χ0) is 16.9. The molecule has 1 aliphatic heterocycles. The lowest BCUT2D eigenvalue weighted by Crippen LogP contribution is -2.62. The van der Waals surface area contributed by atoms with Crippen LogP contribution in [0.25, 0.3) is 0 Å². The maximum Gasteiger partial charge on any atom is 0.0418 e. The molecule has 1 fully saturated rings. The second-order valence-electron chi connectivity index (χ2n) is 7.05. The summed E-state index contributed by atoms with van der Waals surface area (Å²) >= 11 is 0. The summed E-state index contributed by atoms with van der Waals surface area (Å²) in [6.45, 7) is 18.4. The average molecular weight is 313 g/mol. The van der Waals surface area contributed by atoms with Gasteiger partial charge in [-0.2, -0.15) is 0 Å². The third kappa shape index (κ3) is 3.94. The molecule has 0 N–H and O–H groups in total. The molecule has 0 bridgehead atoms. The number of hydrogen-bond acceptors (Lipinski definition) is 2. The predicted molar refractivity (Wildman–Crippen MR) is 101 cm³/mol. The molecule has 0 radical (unpaired) electrons. The predicted octanol–water partition coefficient (Wildman–Crippen LogP) is 4.45. The monoisotopic (exact) mass is 312 g/mol. The van der Waals surface area contributed by atoms with E-state index in [9.17, 15) is 0 Å². The smallest absolute Gasteiger partial charge is 0.0418 e. The van der Waals surface area contributed by atoms with Crippen LogP contribution in [0.15, 0.2) is 55.6 Å².